The summed E-state index contributed by atoms with van der Waals surface area (Å²) in [5.74, 6) is -1.14. The summed E-state index contributed by atoms with van der Waals surface area (Å²) in [6.45, 7) is 1.48. The fraction of sp³-hybridized carbons (Fsp3) is 0.300. The number of sulfonamides is 1. The summed E-state index contributed by atoms with van der Waals surface area (Å²) in [5.41, 5.74) is 0.236. The molecule has 0 aliphatic heterocycles. The lowest BCUT2D eigenvalue weighted by Crippen LogP contribution is -2.31. The first-order chi connectivity index (χ1) is 8.70. The predicted octanol–water partition coefficient (Wildman–Crippen LogP) is -0.0785. The molecule has 0 saturated heterocycles. The predicted molar refractivity (Wildman–Crippen MR) is 68.1 cm³/mol. The van der Waals surface area contributed by atoms with E-state index in [1.54, 1.807) is 6.92 Å². The van der Waals surface area contributed by atoms with Crippen LogP contribution in [0.5, 0.6) is 0 Å². The Hall–Kier alpha value is -2.00. The molecule has 0 unspecified atom stereocenters. The van der Waals surface area contributed by atoms with E-state index in [-0.39, 0.29) is 17.8 Å². The number of benzene rings is 1. The van der Waals surface area contributed by atoms with Crippen molar-refractivity contribution in [3.63, 3.8) is 0 Å². The molecule has 8 nitrogen and oxygen atoms in total. The molecule has 9 heteroatoms. The molecular formula is C10H13N3O5S. The number of rotatable bonds is 5. The van der Waals surface area contributed by atoms with Crippen LogP contribution in [0.2, 0.25) is 0 Å². The van der Waals surface area contributed by atoms with Gasteiger partial charge in [-0.1, -0.05) is 6.07 Å². The second-order valence-electron chi connectivity index (χ2n) is 3.90. The molecule has 3 N–H and O–H groups in total. The van der Waals surface area contributed by atoms with Crippen LogP contribution >= 0.6 is 0 Å². The SMILES string of the molecule is Cc1ccc([N+](=O)[O-])c(C(=O)NCCS(N)(=O)=O)c1. The van der Waals surface area contributed by atoms with E-state index in [1.165, 1.54) is 18.2 Å². The number of nitro groups is 1. The van der Waals surface area contributed by atoms with Gasteiger partial charge in [0.1, 0.15) is 5.56 Å². The third-order valence-electron chi connectivity index (χ3n) is 2.27. The molecule has 0 radical (unpaired) electrons. The van der Waals surface area contributed by atoms with E-state index < -0.39 is 26.6 Å². The van der Waals surface area contributed by atoms with Crippen LogP contribution in [0.4, 0.5) is 5.69 Å². The highest BCUT2D eigenvalue weighted by Crippen LogP contribution is 2.19. The quantitative estimate of drug-likeness (QED) is 0.577. The summed E-state index contributed by atoms with van der Waals surface area (Å²) >= 11 is 0. The Morgan fingerprint density at radius 2 is 2.11 bits per heavy atom. The van der Waals surface area contributed by atoms with Crippen molar-refractivity contribution in [1.82, 2.24) is 5.32 Å². The van der Waals surface area contributed by atoms with Gasteiger partial charge in [-0.3, -0.25) is 14.9 Å². The molecule has 0 saturated carbocycles. The van der Waals surface area contributed by atoms with Crippen molar-refractivity contribution in [1.29, 1.82) is 0 Å². The number of aryl methyl sites for hydroxylation is 1. The molecule has 0 aliphatic carbocycles. The zero-order chi connectivity index (χ0) is 14.6. The van der Waals surface area contributed by atoms with E-state index in [4.69, 9.17) is 5.14 Å². The van der Waals surface area contributed by atoms with Gasteiger partial charge < -0.3 is 5.32 Å². The van der Waals surface area contributed by atoms with E-state index in [9.17, 15) is 23.3 Å². The van der Waals surface area contributed by atoms with E-state index in [0.29, 0.717) is 5.56 Å². The van der Waals surface area contributed by atoms with Gasteiger partial charge in [0.25, 0.3) is 11.6 Å². The molecule has 1 rings (SSSR count). The molecule has 1 aromatic rings. The molecule has 1 amide bonds. The number of nitrogens with two attached hydrogens (primary N) is 1. The van der Waals surface area contributed by atoms with Crippen molar-refractivity contribution in [3.8, 4) is 0 Å². The van der Waals surface area contributed by atoms with Gasteiger partial charge in [-0.15, -0.1) is 0 Å². The molecule has 1 aromatic carbocycles. The Morgan fingerprint density at radius 1 is 1.47 bits per heavy atom. The number of nitrogens with one attached hydrogen (secondary N) is 1. The lowest BCUT2D eigenvalue weighted by Gasteiger charge is -2.06. The highest BCUT2D eigenvalue weighted by Gasteiger charge is 2.20. The highest BCUT2D eigenvalue weighted by molar-refractivity contribution is 7.89. The van der Waals surface area contributed by atoms with Gasteiger partial charge in [0.15, 0.2) is 0 Å². The summed E-state index contributed by atoms with van der Waals surface area (Å²) in [5, 5.41) is 17.8. The smallest absolute Gasteiger partial charge is 0.282 e. The first-order valence-corrected chi connectivity index (χ1v) is 6.96. The number of carbonyl (C=O) groups excluding carboxylic acids is 1. The zero-order valence-electron chi connectivity index (χ0n) is 10.1. The molecule has 0 heterocycles. The van der Waals surface area contributed by atoms with Crippen LogP contribution in [-0.2, 0) is 10.0 Å². The number of carbonyl (C=O) groups is 1. The van der Waals surface area contributed by atoms with Gasteiger partial charge in [-0.2, -0.15) is 0 Å². The van der Waals surface area contributed by atoms with E-state index >= 15 is 0 Å². The lowest BCUT2D eigenvalue weighted by molar-refractivity contribution is -0.385. The Morgan fingerprint density at radius 3 is 2.63 bits per heavy atom. The van der Waals surface area contributed by atoms with Gasteiger partial charge >= 0.3 is 0 Å². The number of amides is 1. The number of nitrogens with zero attached hydrogens (tertiary/aromatic N) is 1. The van der Waals surface area contributed by atoms with E-state index in [1.807, 2.05) is 0 Å². The van der Waals surface area contributed by atoms with Crippen LogP contribution in [0.25, 0.3) is 0 Å². The highest BCUT2D eigenvalue weighted by atomic mass is 32.2. The lowest BCUT2D eigenvalue weighted by atomic mass is 10.1. The van der Waals surface area contributed by atoms with Crippen LogP contribution in [0.1, 0.15) is 15.9 Å². The largest absolute Gasteiger partial charge is 0.351 e. The number of hydrogen-bond donors (Lipinski definition) is 2. The minimum absolute atomic E-state index is 0.112. The fourth-order valence-electron chi connectivity index (χ4n) is 1.39. The van der Waals surface area contributed by atoms with Gasteiger partial charge in [0.2, 0.25) is 10.0 Å². The zero-order valence-corrected chi connectivity index (χ0v) is 10.9. The van der Waals surface area contributed by atoms with Crippen LogP contribution in [0, 0.1) is 17.0 Å². The summed E-state index contributed by atoms with van der Waals surface area (Å²) < 4.78 is 21.4. The van der Waals surface area contributed by atoms with E-state index in [2.05, 4.69) is 5.32 Å². The Labute approximate surface area is 109 Å². The molecule has 0 aromatic heterocycles. The standard InChI is InChI=1S/C10H13N3O5S/c1-7-2-3-9(13(15)16)8(6-7)10(14)12-4-5-19(11,17)18/h2-3,6H,4-5H2,1H3,(H,12,14)(H2,11,17,18). The molecule has 0 atom stereocenters. The normalized spacial score (nSPS) is 11.1. The average Bonchev–Trinajstić information content (AvgIpc) is 2.26. The molecule has 0 fully saturated rings. The fourth-order valence-corrected chi connectivity index (χ4v) is 1.78. The second-order valence-corrected chi connectivity index (χ2v) is 5.63. The Balaban J connectivity index is 2.87. The summed E-state index contributed by atoms with van der Waals surface area (Å²) in [6.07, 6.45) is 0. The minimum atomic E-state index is -3.69. The van der Waals surface area contributed by atoms with Crippen molar-refractivity contribution in [2.75, 3.05) is 12.3 Å². The van der Waals surface area contributed by atoms with Crippen molar-refractivity contribution in [2.24, 2.45) is 5.14 Å². The van der Waals surface area contributed by atoms with Crippen molar-refractivity contribution in [2.45, 2.75) is 6.92 Å². The second kappa shape index (κ2) is 5.76. The monoisotopic (exact) mass is 287 g/mol. The first-order valence-electron chi connectivity index (χ1n) is 5.24. The topological polar surface area (TPSA) is 132 Å². The van der Waals surface area contributed by atoms with Gasteiger partial charge in [-0.25, -0.2) is 13.6 Å². The third kappa shape index (κ3) is 4.64. The molecule has 19 heavy (non-hydrogen) atoms. The van der Waals surface area contributed by atoms with Crippen LogP contribution in [0.3, 0.4) is 0 Å². The minimum Gasteiger partial charge on any atom is -0.351 e. The number of primary sulfonamides is 1. The van der Waals surface area contributed by atoms with Crippen molar-refractivity contribution in [3.05, 3.63) is 39.4 Å². The molecular weight excluding hydrogens is 274 g/mol. The Kier molecular flexibility index (Phi) is 4.57. The van der Waals surface area contributed by atoms with Crippen LogP contribution < -0.4 is 10.5 Å². The van der Waals surface area contributed by atoms with Crippen LogP contribution in [0.15, 0.2) is 18.2 Å². The number of nitro benzene ring substituents is 1. The maximum absolute atomic E-state index is 11.8. The summed E-state index contributed by atoms with van der Waals surface area (Å²) in [7, 11) is -3.69. The first kappa shape index (κ1) is 15.1. The third-order valence-corrected chi connectivity index (χ3v) is 3.04. The molecule has 0 bridgehead atoms. The number of hydrogen-bond acceptors (Lipinski definition) is 5. The van der Waals surface area contributed by atoms with Gasteiger partial charge in [-0.05, 0) is 18.6 Å². The van der Waals surface area contributed by atoms with E-state index in [0.717, 1.165) is 0 Å². The van der Waals surface area contributed by atoms with Crippen molar-refractivity contribution < 1.29 is 18.1 Å². The molecule has 0 aliphatic rings. The van der Waals surface area contributed by atoms with Crippen LogP contribution in [-0.4, -0.2) is 31.5 Å². The molecule has 104 valence electrons. The van der Waals surface area contributed by atoms with Crippen molar-refractivity contribution >= 4 is 21.6 Å². The van der Waals surface area contributed by atoms with Gasteiger partial charge in [0, 0.05) is 12.6 Å². The summed E-state index contributed by atoms with van der Waals surface area (Å²) in [6, 6.07) is 4.10. The summed E-state index contributed by atoms with van der Waals surface area (Å²) in [4.78, 5) is 21.9. The molecule has 0 spiro atoms. The van der Waals surface area contributed by atoms with Gasteiger partial charge in [0.05, 0.1) is 10.7 Å². The Bertz CT molecular complexity index is 612. The maximum Gasteiger partial charge on any atom is 0.282 e. The average molecular weight is 287 g/mol. The maximum atomic E-state index is 11.8.